The van der Waals surface area contributed by atoms with E-state index in [9.17, 15) is 0 Å². The van der Waals surface area contributed by atoms with Gasteiger partial charge in [-0.1, -0.05) is 11.6 Å². The maximum absolute atomic E-state index is 5.94. The maximum Gasteiger partial charge on any atom is 0.225 e. The van der Waals surface area contributed by atoms with E-state index in [0.29, 0.717) is 17.5 Å². The number of hydrogen-bond donors (Lipinski definition) is 1. The van der Waals surface area contributed by atoms with Gasteiger partial charge < -0.3 is 14.9 Å². The van der Waals surface area contributed by atoms with Gasteiger partial charge in [-0.05, 0) is 24.6 Å². The first kappa shape index (κ1) is 11.4. The van der Waals surface area contributed by atoms with Crippen molar-refractivity contribution in [2.75, 3.05) is 13.7 Å². The van der Waals surface area contributed by atoms with Gasteiger partial charge in [-0.3, -0.25) is 0 Å². The number of rotatable bonds is 3. The summed E-state index contributed by atoms with van der Waals surface area (Å²) >= 11 is 5.94. The second kappa shape index (κ2) is 4.41. The van der Waals surface area contributed by atoms with Crippen LogP contribution >= 0.6 is 11.6 Å². The number of nitrogens with zero attached hydrogens (tertiary/aromatic N) is 1. The highest BCUT2D eigenvalue weighted by atomic mass is 35.5. The minimum atomic E-state index is -0.314. The fourth-order valence-corrected chi connectivity index (χ4v) is 1.88. The van der Waals surface area contributed by atoms with Gasteiger partial charge in [0.1, 0.15) is 11.6 Å². The lowest BCUT2D eigenvalue weighted by Gasteiger charge is -2.06. The number of halogens is 1. The fourth-order valence-electron chi connectivity index (χ4n) is 1.61. The molecule has 0 aliphatic carbocycles. The molecular formula is C11H13ClN2O2. The fraction of sp³-hybridized carbons (Fsp3) is 0.364. The number of hydrogen-bond acceptors (Lipinski definition) is 4. The summed E-state index contributed by atoms with van der Waals surface area (Å²) in [6.45, 7) is 2.25. The first-order valence-electron chi connectivity index (χ1n) is 4.95. The van der Waals surface area contributed by atoms with Gasteiger partial charge in [0.25, 0.3) is 0 Å². The third-order valence-electron chi connectivity index (χ3n) is 2.43. The highest BCUT2D eigenvalue weighted by Crippen LogP contribution is 2.27. The van der Waals surface area contributed by atoms with E-state index >= 15 is 0 Å². The van der Waals surface area contributed by atoms with E-state index in [1.165, 1.54) is 0 Å². The molecule has 0 saturated carbocycles. The van der Waals surface area contributed by atoms with Gasteiger partial charge >= 0.3 is 0 Å². The third kappa shape index (κ3) is 1.91. The zero-order chi connectivity index (χ0) is 11.7. The van der Waals surface area contributed by atoms with Gasteiger partial charge in [0.15, 0.2) is 5.58 Å². The van der Waals surface area contributed by atoms with Crippen LogP contribution in [0.1, 0.15) is 17.6 Å². The van der Waals surface area contributed by atoms with Crippen LogP contribution in [0.5, 0.6) is 0 Å². The monoisotopic (exact) mass is 240 g/mol. The molecule has 0 spiro atoms. The number of ether oxygens (including phenoxy) is 1. The van der Waals surface area contributed by atoms with Crippen molar-refractivity contribution < 1.29 is 9.15 Å². The summed E-state index contributed by atoms with van der Waals surface area (Å²) < 4.78 is 10.8. The molecule has 2 aromatic rings. The van der Waals surface area contributed by atoms with Crippen molar-refractivity contribution in [1.29, 1.82) is 0 Å². The van der Waals surface area contributed by atoms with Crippen LogP contribution in [-0.2, 0) is 4.74 Å². The molecule has 0 aliphatic heterocycles. The summed E-state index contributed by atoms with van der Waals surface area (Å²) in [6, 6.07) is 3.60. The predicted octanol–water partition coefficient (Wildman–Crippen LogP) is 2.44. The smallest absolute Gasteiger partial charge is 0.225 e. The first-order valence-corrected chi connectivity index (χ1v) is 5.33. The Bertz CT molecular complexity index is 506. The molecular weight excluding hydrogens is 228 g/mol. The van der Waals surface area contributed by atoms with E-state index in [2.05, 4.69) is 4.98 Å². The van der Waals surface area contributed by atoms with Gasteiger partial charge in [-0.25, -0.2) is 4.98 Å². The Labute approximate surface area is 98.3 Å². The summed E-state index contributed by atoms with van der Waals surface area (Å²) in [6.07, 6.45) is -0.314. The molecule has 1 aromatic heterocycles. The number of oxazole rings is 1. The van der Waals surface area contributed by atoms with Crippen LogP contribution in [0.15, 0.2) is 16.5 Å². The lowest BCUT2D eigenvalue weighted by Crippen LogP contribution is -2.14. The second-order valence-corrected chi connectivity index (χ2v) is 4.02. The Morgan fingerprint density at radius 1 is 1.56 bits per heavy atom. The quantitative estimate of drug-likeness (QED) is 0.895. The van der Waals surface area contributed by atoms with Crippen molar-refractivity contribution in [2.45, 2.75) is 13.0 Å². The van der Waals surface area contributed by atoms with E-state index < -0.39 is 0 Å². The van der Waals surface area contributed by atoms with Crippen molar-refractivity contribution in [3.63, 3.8) is 0 Å². The molecule has 16 heavy (non-hydrogen) atoms. The SMILES string of the molecule is COC(CN)c1nc2cc(Cl)cc(C)c2o1. The molecule has 1 heterocycles. The Morgan fingerprint density at radius 3 is 2.94 bits per heavy atom. The Hall–Kier alpha value is -1.10. The number of benzene rings is 1. The molecule has 1 unspecified atom stereocenters. The van der Waals surface area contributed by atoms with Gasteiger partial charge in [-0.2, -0.15) is 0 Å². The summed E-state index contributed by atoms with van der Waals surface area (Å²) in [5.74, 6) is 0.491. The molecule has 2 N–H and O–H groups in total. The minimum Gasteiger partial charge on any atom is -0.437 e. The van der Waals surface area contributed by atoms with E-state index in [4.69, 9.17) is 26.5 Å². The number of aryl methyl sites for hydroxylation is 1. The van der Waals surface area contributed by atoms with Crippen LogP contribution in [-0.4, -0.2) is 18.6 Å². The Morgan fingerprint density at radius 2 is 2.31 bits per heavy atom. The number of fused-ring (bicyclic) bond motifs is 1. The predicted molar refractivity (Wildman–Crippen MR) is 62.6 cm³/mol. The van der Waals surface area contributed by atoms with E-state index in [-0.39, 0.29) is 6.10 Å². The van der Waals surface area contributed by atoms with Crippen molar-refractivity contribution in [1.82, 2.24) is 4.98 Å². The Kier molecular flexibility index (Phi) is 3.14. The first-order chi connectivity index (χ1) is 7.65. The second-order valence-electron chi connectivity index (χ2n) is 3.58. The summed E-state index contributed by atoms with van der Waals surface area (Å²) in [5, 5.41) is 0.645. The maximum atomic E-state index is 5.94. The van der Waals surface area contributed by atoms with Crippen LogP contribution in [0, 0.1) is 6.92 Å². The molecule has 2 rings (SSSR count). The average molecular weight is 241 g/mol. The highest BCUT2D eigenvalue weighted by molar-refractivity contribution is 6.31. The molecule has 5 heteroatoms. The van der Waals surface area contributed by atoms with E-state index in [0.717, 1.165) is 16.7 Å². The molecule has 1 aromatic carbocycles. The molecule has 0 amide bonds. The summed E-state index contributed by atoms with van der Waals surface area (Å²) in [5.41, 5.74) is 7.97. The van der Waals surface area contributed by atoms with Crippen LogP contribution in [0.25, 0.3) is 11.1 Å². The van der Waals surface area contributed by atoms with Gasteiger partial charge in [0, 0.05) is 18.7 Å². The minimum absolute atomic E-state index is 0.314. The van der Waals surface area contributed by atoms with Crippen LogP contribution in [0.4, 0.5) is 0 Å². The normalized spacial score (nSPS) is 13.2. The van der Waals surface area contributed by atoms with E-state index in [1.807, 2.05) is 13.0 Å². The van der Waals surface area contributed by atoms with Crippen molar-refractivity contribution in [3.8, 4) is 0 Å². The summed E-state index contributed by atoms with van der Waals surface area (Å²) in [4.78, 5) is 4.32. The van der Waals surface area contributed by atoms with Crippen LogP contribution in [0.2, 0.25) is 5.02 Å². The lowest BCUT2D eigenvalue weighted by molar-refractivity contribution is 0.0878. The van der Waals surface area contributed by atoms with E-state index in [1.54, 1.807) is 13.2 Å². The summed E-state index contributed by atoms with van der Waals surface area (Å²) in [7, 11) is 1.58. The molecule has 0 fully saturated rings. The highest BCUT2D eigenvalue weighted by Gasteiger charge is 2.17. The molecule has 0 saturated heterocycles. The van der Waals surface area contributed by atoms with Gasteiger partial charge in [0.2, 0.25) is 5.89 Å². The van der Waals surface area contributed by atoms with Crippen molar-refractivity contribution in [3.05, 3.63) is 28.6 Å². The molecule has 0 aliphatic rings. The van der Waals surface area contributed by atoms with Gasteiger partial charge in [-0.15, -0.1) is 0 Å². The molecule has 0 radical (unpaired) electrons. The largest absolute Gasteiger partial charge is 0.437 e. The topological polar surface area (TPSA) is 61.3 Å². The number of nitrogens with two attached hydrogens (primary N) is 1. The van der Waals surface area contributed by atoms with Crippen LogP contribution in [0.3, 0.4) is 0 Å². The molecule has 86 valence electrons. The molecule has 4 nitrogen and oxygen atoms in total. The van der Waals surface area contributed by atoms with Crippen molar-refractivity contribution in [2.24, 2.45) is 5.73 Å². The molecule has 1 atom stereocenters. The van der Waals surface area contributed by atoms with Crippen LogP contribution < -0.4 is 5.73 Å². The lowest BCUT2D eigenvalue weighted by atomic mass is 10.2. The standard InChI is InChI=1S/C11H13ClN2O2/c1-6-3-7(12)4-8-10(6)16-11(14-8)9(5-13)15-2/h3-4,9H,5,13H2,1-2H3. The van der Waals surface area contributed by atoms with Crippen molar-refractivity contribution >= 4 is 22.7 Å². The third-order valence-corrected chi connectivity index (χ3v) is 2.65. The number of methoxy groups -OCH3 is 1. The zero-order valence-corrected chi connectivity index (χ0v) is 9.91. The zero-order valence-electron chi connectivity index (χ0n) is 9.16. The molecule has 0 bridgehead atoms. The van der Waals surface area contributed by atoms with Gasteiger partial charge in [0.05, 0.1) is 0 Å². The average Bonchev–Trinajstić information content (AvgIpc) is 2.63. The Balaban J connectivity index is 2.55. The number of aromatic nitrogens is 1.